The monoisotopic (exact) mass is 625 g/mol. The predicted molar refractivity (Wildman–Crippen MR) is 212 cm³/mol. The van der Waals surface area contributed by atoms with E-state index in [-0.39, 0.29) is 0 Å². The van der Waals surface area contributed by atoms with Gasteiger partial charge in [-0.2, -0.15) is 0 Å². The molecule has 0 fully saturated rings. The van der Waals surface area contributed by atoms with Gasteiger partial charge in [0.25, 0.3) is 0 Å². The van der Waals surface area contributed by atoms with Crippen LogP contribution in [-0.4, -0.2) is 4.57 Å². The molecule has 0 N–H and O–H groups in total. The third-order valence-corrected chi connectivity index (χ3v) is 9.87. The van der Waals surface area contributed by atoms with Gasteiger partial charge in [0, 0.05) is 21.8 Å². The molecule has 0 spiro atoms. The quantitative estimate of drug-likeness (QED) is 0.172. The van der Waals surface area contributed by atoms with Gasteiger partial charge in [-0.25, -0.2) is 0 Å². The first-order valence-electron chi connectivity index (χ1n) is 17.3. The molecule has 0 saturated carbocycles. The maximum absolute atomic E-state index is 2.47. The highest BCUT2D eigenvalue weighted by atomic mass is 15.0. The Morgan fingerprint density at radius 1 is 0.327 bits per heavy atom. The van der Waals surface area contributed by atoms with Crippen LogP contribution in [0.1, 0.15) is 13.8 Å². The zero-order chi connectivity index (χ0) is 32.9. The summed E-state index contributed by atoms with van der Waals surface area (Å²) in [6, 6.07) is 64.5. The molecule has 49 heavy (non-hydrogen) atoms. The Kier molecular flexibility index (Phi) is 6.99. The Hall–Kier alpha value is -6.18. The lowest BCUT2D eigenvalue weighted by Gasteiger charge is -2.14. The molecule has 9 aromatic carbocycles. The van der Waals surface area contributed by atoms with Crippen LogP contribution < -0.4 is 0 Å². The lowest BCUT2D eigenvalue weighted by atomic mass is 9.91. The molecule has 0 amide bonds. The average Bonchev–Trinajstić information content (AvgIpc) is 3.52. The maximum atomic E-state index is 2.47. The second-order valence-electron chi connectivity index (χ2n) is 12.6. The SMILES string of the molecule is CC.c1ccc(-c2cc(-c3ccccc3)cc(-c3ccc4c(c3)c3cc5ccc6cccc7ccc(c5c67)c3n4-c3ccccc3)c2)cc1. The first-order valence-corrected chi connectivity index (χ1v) is 17.3. The molecule has 232 valence electrons. The molecule has 0 radical (unpaired) electrons. The summed E-state index contributed by atoms with van der Waals surface area (Å²) >= 11 is 0. The summed E-state index contributed by atoms with van der Waals surface area (Å²) in [5, 5.41) is 10.4. The van der Waals surface area contributed by atoms with Crippen LogP contribution in [0.25, 0.3) is 93.2 Å². The summed E-state index contributed by atoms with van der Waals surface area (Å²) in [4.78, 5) is 0. The summed E-state index contributed by atoms with van der Waals surface area (Å²) in [5.41, 5.74) is 11.0. The van der Waals surface area contributed by atoms with Gasteiger partial charge in [0.2, 0.25) is 0 Å². The fourth-order valence-corrected chi connectivity index (χ4v) is 7.72. The highest BCUT2D eigenvalue weighted by Gasteiger charge is 2.19. The van der Waals surface area contributed by atoms with E-state index < -0.39 is 0 Å². The smallest absolute Gasteiger partial charge is 0.0620 e. The van der Waals surface area contributed by atoms with Gasteiger partial charge in [0.1, 0.15) is 0 Å². The fourth-order valence-electron chi connectivity index (χ4n) is 7.72. The van der Waals surface area contributed by atoms with Crippen LogP contribution in [0.4, 0.5) is 0 Å². The highest BCUT2D eigenvalue weighted by molar-refractivity contribution is 6.31. The van der Waals surface area contributed by atoms with Crippen molar-refractivity contribution in [3.05, 3.63) is 176 Å². The highest BCUT2D eigenvalue weighted by Crippen LogP contribution is 2.44. The number of hydrogen-bond acceptors (Lipinski definition) is 0. The third-order valence-electron chi connectivity index (χ3n) is 9.87. The molecule has 0 bridgehead atoms. The summed E-state index contributed by atoms with van der Waals surface area (Å²) < 4.78 is 2.47. The summed E-state index contributed by atoms with van der Waals surface area (Å²) in [7, 11) is 0. The summed E-state index contributed by atoms with van der Waals surface area (Å²) in [6.07, 6.45) is 0. The van der Waals surface area contributed by atoms with E-state index >= 15 is 0 Å². The number of fused-ring (bicyclic) bond motifs is 4. The van der Waals surface area contributed by atoms with E-state index in [4.69, 9.17) is 0 Å². The Morgan fingerprint density at radius 2 is 0.878 bits per heavy atom. The van der Waals surface area contributed by atoms with Crippen molar-refractivity contribution < 1.29 is 0 Å². The van der Waals surface area contributed by atoms with Crippen molar-refractivity contribution in [2.24, 2.45) is 0 Å². The van der Waals surface area contributed by atoms with E-state index in [2.05, 4.69) is 180 Å². The Labute approximate surface area is 286 Å². The normalized spacial score (nSPS) is 11.5. The van der Waals surface area contributed by atoms with E-state index in [1.807, 2.05) is 13.8 Å². The Morgan fingerprint density at radius 3 is 1.51 bits per heavy atom. The van der Waals surface area contributed by atoms with E-state index in [1.54, 1.807) is 0 Å². The summed E-state index contributed by atoms with van der Waals surface area (Å²) in [5.74, 6) is 0. The molecule has 0 aliphatic heterocycles. The second-order valence-corrected chi connectivity index (χ2v) is 12.6. The summed E-state index contributed by atoms with van der Waals surface area (Å²) in [6.45, 7) is 4.00. The number of nitrogens with zero attached hydrogens (tertiary/aromatic N) is 1. The van der Waals surface area contributed by atoms with Crippen LogP contribution >= 0.6 is 0 Å². The van der Waals surface area contributed by atoms with Crippen molar-refractivity contribution in [1.29, 1.82) is 0 Å². The van der Waals surface area contributed by atoms with Gasteiger partial charge in [-0.15, -0.1) is 0 Å². The Bertz CT molecular complexity index is 2680. The van der Waals surface area contributed by atoms with Crippen molar-refractivity contribution in [3.8, 4) is 39.1 Å². The molecule has 0 atom stereocenters. The molecular weight excluding hydrogens is 591 g/mol. The number of para-hydroxylation sites is 1. The second kappa shape index (κ2) is 11.8. The van der Waals surface area contributed by atoms with Gasteiger partial charge in [-0.3, -0.25) is 0 Å². The standard InChI is InChI=1S/C46H29N.C2H6/c1-4-11-30(12-5-1)36-25-37(31-13-6-2-7-14-31)27-38(26-36)34-22-24-43-41(28-34)42-29-35-20-19-32-15-10-16-33-21-23-40(45(35)44(32)33)46(42)47(43)39-17-8-3-9-18-39;1-2/h1-29H;1-2H3. The van der Waals surface area contributed by atoms with Gasteiger partial charge in [-0.05, 0) is 109 Å². The molecule has 0 unspecified atom stereocenters. The van der Waals surface area contributed by atoms with E-state index in [1.165, 1.54) is 93.2 Å². The maximum Gasteiger partial charge on any atom is 0.0620 e. The van der Waals surface area contributed by atoms with Gasteiger partial charge in [-0.1, -0.05) is 141 Å². The molecule has 10 aromatic rings. The van der Waals surface area contributed by atoms with Crippen LogP contribution in [0.3, 0.4) is 0 Å². The molecule has 10 rings (SSSR count). The van der Waals surface area contributed by atoms with Crippen molar-refractivity contribution in [3.63, 3.8) is 0 Å². The average molecular weight is 626 g/mol. The van der Waals surface area contributed by atoms with Crippen LogP contribution in [0.2, 0.25) is 0 Å². The van der Waals surface area contributed by atoms with Crippen LogP contribution in [0, 0.1) is 0 Å². The molecule has 0 aliphatic rings. The minimum atomic E-state index is 1.17. The molecule has 0 saturated heterocycles. The number of aromatic nitrogens is 1. The zero-order valence-electron chi connectivity index (χ0n) is 27.7. The molecule has 1 nitrogen and oxygen atoms in total. The number of benzene rings is 9. The molecule has 0 aliphatic carbocycles. The zero-order valence-corrected chi connectivity index (χ0v) is 27.7. The lowest BCUT2D eigenvalue weighted by Crippen LogP contribution is -1.94. The first-order chi connectivity index (χ1) is 24.3. The number of hydrogen-bond donors (Lipinski definition) is 0. The van der Waals surface area contributed by atoms with Gasteiger partial charge in [0.05, 0.1) is 11.0 Å². The lowest BCUT2D eigenvalue weighted by molar-refractivity contribution is 1.19. The minimum Gasteiger partial charge on any atom is -0.309 e. The van der Waals surface area contributed by atoms with Crippen molar-refractivity contribution in [1.82, 2.24) is 4.57 Å². The van der Waals surface area contributed by atoms with E-state index in [0.29, 0.717) is 0 Å². The van der Waals surface area contributed by atoms with Gasteiger partial charge >= 0.3 is 0 Å². The first kappa shape index (κ1) is 29.0. The van der Waals surface area contributed by atoms with Gasteiger partial charge < -0.3 is 4.57 Å². The van der Waals surface area contributed by atoms with Crippen molar-refractivity contribution in [2.75, 3.05) is 0 Å². The largest absolute Gasteiger partial charge is 0.309 e. The van der Waals surface area contributed by atoms with E-state index in [9.17, 15) is 0 Å². The van der Waals surface area contributed by atoms with Crippen molar-refractivity contribution >= 4 is 54.1 Å². The van der Waals surface area contributed by atoms with Crippen LogP contribution in [-0.2, 0) is 0 Å². The number of rotatable bonds is 4. The van der Waals surface area contributed by atoms with E-state index in [0.717, 1.165) is 0 Å². The topological polar surface area (TPSA) is 4.93 Å². The minimum absolute atomic E-state index is 1.17. The third kappa shape index (κ3) is 4.70. The fraction of sp³-hybridized carbons (Fsp3) is 0.0417. The van der Waals surface area contributed by atoms with Gasteiger partial charge in [0.15, 0.2) is 0 Å². The molecule has 1 heterocycles. The Balaban J connectivity index is 0.00000160. The molecule has 1 heteroatoms. The van der Waals surface area contributed by atoms with Crippen molar-refractivity contribution in [2.45, 2.75) is 13.8 Å². The van der Waals surface area contributed by atoms with Crippen LogP contribution in [0.15, 0.2) is 176 Å². The predicted octanol–water partition coefficient (Wildman–Crippen LogP) is 13.7. The molecular formula is C48H35N. The van der Waals surface area contributed by atoms with Crippen LogP contribution in [0.5, 0.6) is 0 Å². The molecule has 1 aromatic heterocycles.